The summed E-state index contributed by atoms with van der Waals surface area (Å²) < 4.78 is 0. The van der Waals surface area contributed by atoms with Crippen LogP contribution in [-0.2, 0) is 0 Å². The normalized spacial score (nSPS) is 22.2. The van der Waals surface area contributed by atoms with Gasteiger partial charge >= 0.3 is 0 Å². The average molecular weight is 212 g/mol. The Hall–Kier alpha value is -0.0800. The highest BCUT2D eigenvalue weighted by Crippen LogP contribution is 2.10. The first-order valence-electron chi connectivity index (χ1n) is 6.55. The van der Waals surface area contributed by atoms with E-state index < -0.39 is 0 Å². The Morgan fingerprint density at radius 3 is 2.20 bits per heavy atom. The van der Waals surface area contributed by atoms with Gasteiger partial charge < -0.3 is 10.2 Å². The van der Waals surface area contributed by atoms with E-state index in [0.717, 1.165) is 18.4 Å². The van der Waals surface area contributed by atoms with E-state index in [4.69, 9.17) is 0 Å². The van der Waals surface area contributed by atoms with Gasteiger partial charge in [0.2, 0.25) is 0 Å². The number of nitrogens with zero attached hydrogens (tertiary/aromatic N) is 1. The van der Waals surface area contributed by atoms with Crippen LogP contribution in [0.2, 0.25) is 0 Å². The summed E-state index contributed by atoms with van der Waals surface area (Å²) in [6.07, 6.45) is 2.81. The van der Waals surface area contributed by atoms with Crippen LogP contribution in [0.3, 0.4) is 0 Å². The van der Waals surface area contributed by atoms with Gasteiger partial charge in [0.25, 0.3) is 0 Å². The van der Waals surface area contributed by atoms with E-state index >= 15 is 0 Å². The summed E-state index contributed by atoms with van der Waals surface area (Å²) in [4.78, 5) is 2.60. The molecule has 0 saturated carbocycles. The van der Waals surface area contributed by atoms with E-state index in [2.05, 4.69) is 37.9 Å². The lowest BCUT2D eigenvalue weighted by Crippen LogP contribution is -2.37. The Balaban J connectivity index is 2.09. The largest absolute Gasteiger partial charge is 0.314 e. The van der Waals surface area contributed by atoms with Crippen LogP contribution >= 0.6 is 0 Å². The van der Waals surface area contributed by atoms with Crippen LogP contribution in [0.15, 0.2) is 0 Å². The lowest BCUT2D eigenvalue weighted by Gasteiger charge is -2.23. The van der Waals surface area contributed by atoms with E-state index in [9.17, 15) is 0 Å². The molecule has 2 nitrogen and oxygen atoms in total. The highest BCUT2D eigenvalue weighted by molar-refractivity contribution is 4.72. The van der Waals surface area contributed by atoms with Crippen LogP contribution in [0.4, 0.5) is 0 Å². The topological polar surface area (TPSA) is 15.3 Å². The summed E-state index contributed by atoms with van der Waals surface area (Å²) in [6, 6.07) is 0.644. The van der Waals surface area contributed by atoms with Gasteiger partial charge in [-0.15, -0.1) is 0 Å². The zero-order chi connectivity index (χ0) is 11.3. The minimum atomic E-state index is 0.644. The van der Waals surface area contributed by atoms with Crippen molar-refractivity contribution in [1.29, 1.82) is 0 Å². The average Bonchev–Trinajstić information content (AvgIpc) is 2.66. The van der Waals surface area contributed by atoms with Crippen LogP contribution in [-0.4, -0.2) is 37.1 Å². The second kappa shape index (κ2) is 6.49. The summed E-state index contributed by atoms with van der Waals surface area (Å²) >= 11 is 0. The van der Waals surface area contributed by atoms with Crippen molar-refractivity contribution in [2.24, 2.45) is 11.8 Å². The van der Waals surface area contributed by atoms with E-state index in [0.29, 0.717) is 6.04 Å². The molecule has 1 N–H and O–H groups in total. The van der Waals surface area contributed by atoms with Gasteiger partial charge in [0.15, 0.2) is 0 Å². The summed E-state index contributed by atoms with van der Waals surface area (Å²) in [5.41, 5.74) is 0. The Kier molecular flexibility index (Phi) is 5.62. The Morgan fingerprint density at radius 1 is 1.07 bits per heavy atom. The second-order valence-electron chi connectivity index (χ2n) is 5.55. The minimum Gasteiger partial charge on any atom is -0.314 e. The molecule has 1 fully saturated rings. The third-order valence-electron chi connectivity index (χ3n) is 3.56. The fraction of sp³-hybridized carbons (Fsp3) is 1.00. The molecule has 0 aromatic rings. The molecule has 1 rings (SSSR count). The third kappa shape index (κ3) is 4.98. The quantitative estimate of drug-likeness (QED) is 0.727. The molecule has 2 unspecified atom stereocenters. The highest BCUT2D eigenvalue weighted by Gasteiger charge is 2.15. The Morgan fingerprint density at radius 2 is 1.67 bits per heavy atom. The van der Waals surface area contributed by atoms with Crippen molar-refractivity contribution in [2.75, 3.05) is 26.2 Å². The molecule has 1 heterocycles. The van der Waals surface area contributed by atoms with Crippen LogP contribution < -0.4 is 5.32 Å². The van der Waals surface area contributed by atoms with Gasteiger partial charge in [0.1, 0.15) is 0 Å². The molecular weight excluding hydrogens is 184 g/mol. The van der Waals surface area contributed by atoms with Gasteiger partial charge in [-0.05, 0) is 51.2 Å². The molecule has 90 valence electrons. The molecule has 0 bridgehead atoms. The first-order chi connectivity index (χ1) is 7.09. The van der Waals surface area contributed by atoms with Gasteiger partial charge in [-0.3, -0.25) is 0 Å². The van der Waals surface area contributed by atoms with Gasteiger partial charge in [0.05, 0.1) is 0 Å². The second-order valence-corrected chi connectivity index (χ2v) is 5.55. The SMILES string of the molecule is CC(CNC(C)C(C)C)CN1CCCC1. The summed E-state index contributed by atoms with van der Waals surface area (Å²) in [5.74, 6) is 1.52. The molecule has 0 aromatic carbocycles. The van der Waals surface area contributed by atoms with E-state index in [-0.39, 0.29) is 0 Å². The fourth-order valence-electron chi connectivity index (χ4n) is 2.09. The molecule has 2 atom stereocenters. The minimum absolute atomic E-state index is 0.644. The van der Waals surface area contributed by atoms with Crippen molar-refractivity contribution in [1.82, 2.24) is 10.2 Å². The molecule has 1 aliphatic heterocycles. The maximum Gasteiger partial charge on any atom is 0.00618 e. The van der Waals surface area contributed by atoms with Crippen LogP contribution in [0.1, 0.15) is 40.5 Å². The van der Waals surface area contributed by atoms with Gasteiger partial charge in [-0.1, -0.05) is 20.8 Å². The Bertz CT molecular complexity index is 162. The van der Waals surface area contributed by atoms with Crippen LogP contribution in [0, 0.1) is 11.8 Å². The first kappa shape index (κ1) is 13.0. The van der Waals surface area contributed by atoms with E-state index in [1.54, 1.807) is 0 Å². The van der Waals surface area contributed by atoms with Crippen molar-refractivity contribution >= 4 is 0 Å². The van der Waals surface area contributed by atoms with Crippen molar-refractivity contribution in [3.05, 3.63) is 0 Å². The van der Waals surface area contributed by atoms with Gasteiger partial charge in [-0.25, -0.2) is 0 Å². The predicted molar refractivity (Wildman–Crippen MR) is 67.1 cm³/mol. The van der Waals surface area contributed by atoms with Crippen LogP contribution in [0.5, 0.6) is 0 Å². The predicted octanol–water partition coefficient (Wildman–Crippen LogP) is 2.35. The number of nitrogens with one attached hydrogen (secondary N) is 1. The van der Waals surface area contributed by atoms with Crippen molar-refractivity contribution in [2.45, 2.75) is 46.6 Å². The summed E-state index contributed by atoms with van der Waals surface area (Å²) in [5, 5.41) is 3.63. The maximum absolute atomic E-state index is 3.63. The number of hydrogen-bond acceptors (Lipinski definition) is 2. The summed E-state index contributed by atoms with van der Waals surface area (Å²) in [6.45, 7) is 14.3. The standard InChI is InChI=1S/C13H28N2/c1-11(2)13(4)14-9-12(3)10-15-7-5-6-8-15/h11-14H,5-10H2,1-4H3. The third-order valence-corrected chi connectivity index (χ3v) is 3.56. The van der Waals surface area contributed by atoms with E-state index in [1.165, 1.54) is 32.5 Å². The maximum atomic E-state index is 3.63. The molecule has 1 aliphatic rings. The molecule has 1 saturated heterocycles. The van der Waals surface area contributed by atoms with Gasteiger partial charge in [0, 0.05) is 12.6 Å². The lowest BCUT2D eigenvalue weighted by atomic mass is 10.1. The number of rotatable bonds is 6. The number of hydrogen-bond donors (Lipinski definition) is 1. The summed E-state index contributed by atoms with van der Waals surface area (Å²) in [7, 11) is 0. The zero-order valence-electron chi connectivity index (χ0n) is 10.9. The monoisotopic (exact) mass is 212 g/mol. The molecular formula is C13H28N2. The first-order valence-corrected chi connectivity index (χ1v) is 6.55. The Labute approximate surface area is 95.4 Å². The van der Waals surface area contributed by atoms with Crippen molar-refractivity contribution in [3.8, 4) is 0 Å². The molecule has 0 radical (unpaired) electrons. The highest BCUT2D eigenvalue weighted by atomic mass is 15.1. The molecule has 0 aliphatic carbocycles. The van der Waals surface area contributed by atoms with E-state index in [1.807, 2.05) is 0 Å². The fourth-order valence-corrected chi connectivity index (χ4v) is 2.09. The number of likely N-dealkylation sites (tertiary alicyclic amines) is 1. The molecule has 0 aromatic heterocycles. The molecule has 15 heavy (non-hydrogen) atoms. The van der Waals surface area contributed by atoms with Gasteiger partial charge in [-0.2, -0.15) is 0 Å². The molecule has 0 spiro atoms. The van der Waals surface area contributed by atoms with Crippen LogP contribution in [0.25, 0.3) is 0 Å². The van der Waals surface area contributed by atoms with Crippen molar-refractivity contribution in [3.63, 3.8) is 0 Å². The lowest BCUT2D eigenvalue weighted by molar-refractivity contribution is 0.273. The zero-order valence-corrected chi connectivity index (χ0v) is 10.9. The molecule has 2 heteroatoms. The van der Waals surface area contributed by atoms with Crippen molar-refractivity contribution < 1.29 is 0 Å². The molecule has 0 amide bonds. The smallest absolute Gasteiger partial charge is 0.00618 e.